The summed E-state index contributed by atoms with van der Waals surface area (Å²) in [6.07, 6.45) is 2.65. The molecule has 5 rings (SSSR count). The Morgan fingerprint density at radius 3 is 2.69 bits per heavy atom. The number of carbonyl (C=O) groups excluding carboxylic acids is 2. The molecule has 10 nitrogen and oxygen atoms in total. The van der Waals surface area contributed by atoms with E-state index in [9.17, 15) is 9.59 Å². The van der Waals surface area contributed by atoms with Gasteiger partial charge in [-0.3, -0.25) is 25.6 Å². The number of alkyl halides is 1. The Hall–Kier alpha value is -0.660. The predicted octanol–water partition coefficient (Wildman–Crippen LogP) is -0.686. The minimum absolute atomic E-state index is 0.0616. The molecule has 0 aromatic heterocycles. The zero-order valence-corrected chi connectivity index (χ0v) is 22.4. The molecule has 5 fully saturated rings. The molecule has 5 saturated heterocycles. The molecule has 0 aromatic carbocycles. The number of methoxy groups -OCH3 is 1. The third-order valence-corrected chi connectivity index (χ3v) is 10.3. The van der Waals surface area contributed by atoms with Crippen molar-refractivity contribution >= 4 is 35.2 Å². The van der Waals surface area contributed by atoms with E-state index >= 15 is 0 Å². The molecule has 10 atom stereocenters. The van der Waals surface area contributed by atoms with Crippen molar-refractivity contribution in [2.45, 2.75) is 66.7 Å². The zero-order valence-electron chi connectivity index (χ0n) is 20.8. The number of likely N-dealkylation sites (N-methyl/N-ethyl adjacent to an activating group) is 1. The number of halogens is 1. The van der Waals surface area contributed by atoms with E-state index in [1.165, 1.54) is 0 Å². The molecular weight excluding hydrogens is 490 g/mol. The van der Waals surface area contributed by atoms with Crippen molar-refractivity contribution in [3.8, 4) is 0 Å². The molecule has 0 aliphatic carbocycles. The first-order valence-corrected chi connectivity index (χ1v) is 14.3. The van der Waals surface area contributed by atoms with Crippen molar-refractivity contribution < 1.29 is 14.3 Å². The summed E-state index contributed by atoms with van der Waals surface area (Å²) in [5, 5.41) is 15.9. The first kappa shape index (κ1) is 26.0. The van der Waals surface area contributed by atoms with Gasteiger partial charge in [-0.15, -0.1) is 23.4 Å². The van der Waals surface area contributed by atoms with E-state index in [2.05, 4.69) is 33.6 Å². The molecule has 35 heavy (non-hydrogen) atoms. The van der Waals surface area contributed by atoms with Gasteiger partial charge in [0.05, 0.1) is 17.5 Å². The number of fused-ring (bicyclic) bond motifs is 1. The van der Waals surface area contributed by atoms with Gasteiger partial charge in [0.2, 0.25) is 11.8 Å². The summed E-state index contributed by atoms with van der Waals surface area (Å²) in [5.74, 6) is 0.631. The minimum atomic E-state index is -0.127. The number of amides is 2. The number of nitrogens with one attached hydrogen (secondary N) is 5. The molecule has 5 N–H and O–H groups in total. The molecule has 198 valence electrons. The highest BCUT2D eigenvalue weighted by molar-refractivity contribution is 8.00. The Balaban J connectivity index is 1.17. The van der Waals surface area contributed by atoms with Gasteiger partial charge in [-0.25, -0.2) is 5.01 Å². The van der Waals surface area contributed by atoms with Crippen molar-refractivity contribution in [3.63, 3.8) is 0 Å². The van der Waals surface area contributed by atoms with E-state index < -0.39 is 0 Å². The largest absolute Gasteiger partial charge is 0.380 e. The Kier molecular flexibility index (Phi) is 8.15. The third-order valence-electron chi connectivity index (χ3n) is 8.57. The standard InChI is InChI=1S/C23H40ClN7O3S/c1-12-6-13(14-7-20(24)26-9-18(14)34-3)15(8-25-12)21(32)29-23-28-16-10-31(11-19(16)35-23)22(33)17-4-5-27-30(17)2/h12-20,23,25-28H,4-11H2,1-3H3,(H,29,32). The van der Waals surface area contributed by atoms with Crippen LogP contribution in [0.1, 0.15) is 26.2 Å². The highest BCUT2D eigenvalue weighted by Crippen LogP contribution is 2.38. The molecule has 0 spiro atoms. The van der Waals surface area contributed by atoms with Crippen LogP contribution in [-0.2, 0) is 14.3 Å². The van der Waals surface area contributed by atoms with Crippen LogP contribution in [0.3, 0.4) is 0 Å². The van der Waals surface area contributed by atoms with Gasteiger partial charge in [-0.2, -0.15) is 0 Å². The molecule has 0 radical (unpaired) electrons. The van der Waals surface area contributed by atoms with Crippen molar-refractivity contribution in [1.82, 2.24) is 36.6 Å². The van der Waals surface area contributed by atoms with Crippen molar-refractivity contribution in [1.29, 1.82) is 0 Å². The molecule has 5 heterocycles. The molecular formula is C23H40ClN7O3S. The predicted molar refractivity (Wildman–Crippen MR) is 137 cm³/mol. The lowest BCUT2D eigenvalue weighted by molar-refractivity contribution is -0.135. The van der Waals surface area contributed by atoms with Crippen LogP contribution in [-0.4, -0.2) is 109 Å². The molecule has 5 aliphatic heterocycles. The van der Waals surface area contributed by atoms with Crippen LogP contribution >= 0.6 is 23.4 Å². The van der Waals surface area contributed by atoms with E-state index in [4.69, 9.17) is 16.3 Å². The van der Waals surface area contributed by atoms with Crippen LogP contribution in [0.5, 0.6) is 0 Å². The summed E-state index contributed by atoms with van der Waals surface area (Å²) in [5.41, 5.74) is 3.00. The highest BCUT2D eigenvalue weighted by Gasteiger charge is 2.47. The number of hydrogen-bond donors (Lipinski definition) is 5. The SMILES string of the molecule is COC1CNC(Cl)CC1C1CC(C)NCC1C(=O)NC1NC2CN(C(=O)C3CCNN3C)CC2S1. The molecule has 0 bridgehead atoms. The van der Waals surface area contributed by atoms with Crippen LogP contribution in [0.2, 0.25) is 0 Å². The first-order valence-electron chi connectivity index (χ1n) is 12.9. The van der Waals surface area contributed by atoms with Gasteiger partial charge in [-0.05, 0) is 38.0 Å². The smallest absolute Gasteiger partial charge is 0.241 e. The quantitative estimate of drug-likeness (QED) is 0.233. The van der Waals surface area contributed by atoms with Gasteiger partial charge in [0.15, 0.2) is 0 Å². The van der Waals surface area contributed by atoms with E-state index in [1.54, 1.807) is 18.9 Å². The maximum atomic E-state index is 13.5. The molecule has 0 saturated carbocycles. The Morgan fingerprint density at radius 2 is 1.97 bits per heavy atom. The lowest BCUT2D eigenvalue weighted by Gasteiger charge is -2.45. The average molecular weight is 530 g/mol. The fraction of sp³-hybridized carbons (Fsp3) is 0.913. The molecule has 2 amide bonds. The number of hydrogen-bond acceptors (Lipinski definition) is 9. The van der Waals surface area contributed by atoms with E-state index in [-0.39, 0.29) is 58.8 Å². The normalized spacial score (nSPS) is 44.4. The summed E-state index contributed by atoms with van der Waals surface area (Å²) >= 11 is 8.20. The second kappa shape index (κ2) is 11.0. The van der Waals surface area contributed by atoms with Gasteiger partial charge >= 0.3 is 0 Å². The fourth-order valence-corrected chi connectivity index (χ4v) is 8.33. The summed E-state index contributed by atoms with van der Waals surface area (Å²) in [7, 11) is 3.69. The van der Waals surface area contributed by atoms with Crippen molar-refractivity contribution in [2.75, 3.05) is 46.9 Å². The molecule has 12 heteroatoms. The lowest BCUT2D eigenvalue weighted by Crippen LogP contribution is -2.57. The molecule has 0 aromatic rings. The van der Waals surface area contributed by atoms with Crippen LogP contribution < -0.4 is 26.7 Å². The second-order valence-corrected chi connectivity index (χ2v) is 12.6. The number of nitrogens with zero attached hydrogens (tertiary/aromatic N) is 2. The third kappa shape index (κ3) is 5.47. The fourth-order valence-electron chi connectivity index (χ4n) is 6.63. The zero-order chi connectivity index (χ0) is 24.7. The van der Waals surface area contributed by atoms with Crippen molar-refractivity contribution in [3.05, 3.63) is 0 Å². The first-order chi connectivity index (χ1) is 16.8. The average Bonchev–Trinajstić information content (AvgIpc) is 3.53. The maximum absolute atomic E-state index is 13.5. The topological polar surface area (TPSA) is 110 Å². The molecule has 5 aliphatic rings. The highest BCUT2D eigenvalue weighted by atomic mass is 35.5. The van der Waals surface area contributed by atoms with Crippen molar-refractivity contribution in [2.24, 2.45) is 17.8 Å². The summed E-state index contributed by atoms with van der Waals surface area (Å²) < 4.78 is 5.80. The van der Waals surface area contributed by atoms with Gasteiger partial charge in [0, 0.05) is 64.2 Å². The van der Waals surface area contributed by atoms with Gasteiger partial charge < -0.3 is 20.3 Å². The Morgan fingerprint density at radius 1 is 1.14 bits per heavy atom. The van der Waals surface area contributed by atoms with Gasteiger partial charge in [0.25, 0.3) is 0 Å². The summed E-state index contributed by atoms with van der Waals surface area (Å²) in [6, 6.07) is 0.487. The number of thioether (sulfide) groups is 1. The van der Waals surface area contributed by atoms with E-state index in [1.807, 2.05) is 17.0 Å². The number of carbonyl (C=O) groups is 2. The maximum Gasteiger partial charge on any atom is 0.241 e. The number of piperidine rings is 2. The van der Waals surface area contributed by atoms with E-state index in [0.29, 0.717) is 30.9 Å². The van der Waals surface area contributed by atoms with Crippen LogP contribution in [0.4, 0.5) is 0 Å². The summed E-state index contributed by atoms with van der Waals surface area (Å²) in [6.45, 7) is 5.83. The van der Waals surface area contributed by atoms with Gasteiger partial charge in [-0.1, -0.05) is 0 Å². The van der Waals surface area contributed by atoms with Crippen LogP contribution in [0.25, 0.3) is 0 Å². The van der Waals surface area contributed by atoms with Gasteiger partial charge in [0.1, 0.15) is 11.5 Å². The second-order valence-electron chi connectivity index (χ2n) is 10.8. The van der Waals surface area contributed by atoms with Crippen LogP contribution in [0, 0.1) is 17.8 Å². The lowest BCUT2D eigenvalue weighted by atomic mass is 9.70. The molecule has 10 unspecified atom stereocenters. The monoisotopic (exact) mass is 529 g/mol. The Labute approximate surface area is 217 Å². The minimum Gasteiger partial charge on any atom is -0.380 e. The Bertz CT molecular complexity index is 782. The number of ether oxygens (including phenoxy) is 1. The van der Waals surface area contributed by atoms with Crippen LogP contribution in [0.15, 0.2) is 0 Å². The number of likely N-dealkylation sites (tertiary alicyclic amines) is 1. The number of hydrazine groups is 1. The summed E-state index contributed by atoms with van der Waals surface area (Å²) in [4.78, 5) is 28.5. The van der Waals surface area contributed by atoms with E-state index in [0.717, 1.165) is 32.4 Å². The number of rotatable bonds is 5.